The zero-order chi connectivity index (χ0) is 14.3. The van der Waals surface area contributed by atoms with Gasteiger partial charge in [-0.05, 0) is 6.07 Å². The van der Waals surface area contributed by atoms with Gasteiger partial charge in [0.05, 0.1) is 16.1 Å². The molecule has 0 saturated carbocycles. The van der Waals surface area contributed by atoms with Gasteiger partial charge in [-0.3, -0.25) is 10.1 Å². The summed E-state index contributed by atoms with van der Waals surface area (Å²) in [4.78, 5) is 8.96. The Bertz CT molecular complexity index is 496. The Morgan fingerprint density at radius 2 is 1.56 bits per heavy atom. The Morgan fingerprint density at radius 3 is 1.89 bits per heavy atom. The monoisotopic (exact) mass is 293 g/mol. The van der Waals surface area contributed by atoms with Crippen molar-refractivity contribution in [1.29, 1.82) is 0 Å². The van der Waals surface area contributed by atoms with E-state index in [1.807, 2.05) is 0 Å². The third kappa shape index (κ3) is 2.84. The highest BCUT2D eigenvalue weighted by atomic mass is 35.5. The van der Waals surface area contributed by atoms with E-state index in [0.717, 1.165) is 0 Å². The van der Waals surface area contributed by atoms with Crippen molar-refractivity contribution in [1.82, 2.24) is 0 Å². The van der Waals surface area contributed by atoms with E-state index in [1.165, 1.54) is 0 Å². The Balaban J connectivity index is 3.63. The van der Waals surface area contributed by atoms with E-state index in [2.05, 4.69) is 0 Å². The summed E-state index contributed by atoms with van der Waals surface area (Å²) in [5, 5.41) is 8.99. The molecule has 1 rings (SSSR count). The Morgan fingerprint density at radius 1 is 1.06 bits per heavy atom. The number of alkyl halides is 6. The summed E-state index contributed by atoms with van der Waals surface area (Å²) >= 11 is 5.08. The molecule has 3 nitrogen and oxygen atoms in total. The van der Waals surface area contributed by atoms with Crippen molar-refractivity contribution >= 4 is 17.3 Å². The van der Waals surface area contributed by atoms with Crippen molar-refractivity contribution in [3.8, 4) is 0 Å². The summed E-state index contributed by atoms with van der Waals surface area (Å²) in [5.41, 5.74) is -5.13. The minimum atomic E-state index is -5.22. The van der Waals surface area contributed by atoms with Crippen LogP contribution in [0.25, 0.3) is 0 Å². The van der Waals surface area contributed by atoms with Crippen LogP contribution in [0.5, 0.6) is 0 Å². The lowest BCUT2D eigenvalue weighted by Crippen LogP contribution is -2.12. The minimum Gasteiger partial charge on any atom is -0.258 e. The summed E-state index contributed by atoms with van der Waals surface area (Å²) in [6.07, 6.45) is -10.4. The normalized spacial score (nSPS) is 12.6. The van der Waals surface area contributed by atoms with Crippen molar-refractivity contribution in [2.24, 2.45) is 0 Å². The average molecular weight is 294 g/mol. The van der Waals surface area contributed by atoms with Gasteiger partial charge in [-0.15, -0.1) is 0 Å². The first-order valence-corrected chi connectivity index (χ1v) is 4.44. The van der Waals surface area contributed by atoms with E-state index in [0.29, 0.717) is 0 Å². The molecule has 18 heavy (non-hydrogen) atoms. The second-order valence-corrected chi connectivity index (χ2v) is 3.49. The second kappa shape index (κ2) is 4.30. The van der Waals surface area contributed by atoms with E-state index in [4.69, 9.17) is 11.6 Å². The van der Waals surface area contributed by atoms with E-state index >= 15 is 0 Å². The van der Waals surface area contributed by atoms with Gasteiger partial charge in [0.2, 0.25) is 0 Å². The van der Waals surface area contributed by atoms with E-state index in [9.17, 15) is 36.5 Å². The Kier molecular flexibility index (Phi) is 3.48. The Hall–Kier alpha value is -1.51. The fourth-order valence-corrected chi connectivity index (χ4v) is 1.40. The van der Waals surface area contributed by atoms with E-state index in [1.54, 1.807) is 0 Å². The van der Waals surface area contributed by atoms with Gasteiger partial charge in [-0.25, -0.2) is 0 Å². The molecule has 0 atom stereocenters. The number of hydrogen-bond donors (Lipinski definition) is 0. The van der Waals surface area contributed by atoms with Crippen LogP contribution in [-0.2, 0) is 12.4 Å². The number of halogens is 7. The van der Waals surface area contributed by atoms with Gasteiger partial charge in [0.1, 0.15) is 5.02 Å². The van der Waals surface area contributed by atoms with Crippen molar-refractivity contribution in [2.45, 2.75) is 12.4 Å². The topological polar surface area (TPSA) is 43.1 Å². The van der Waals surface area contributed by atoms with Crippen LogP contribution in [0.3, 0.4) is 0 Å². The van der Waals surface area contributed by atoms with Crippen LogP contribution < -0.4 is 0 Å². The first-order valence-electron chi connectivity index (χ1n) is 4.07. The zero-order valence-corrected chi connectivity index (χ0v) is 8.82. The number of nitro benzene ring substituents is 1. The minimum absolute atomic E-state index is 0.0441. The zero-order valence-electron chi connectivity index (χ0n) is 8.06. The molecule has 0 aliphatic heterocycles. The van der Waals surface area contributed by atoms with Crippen LogP contribution in [0, 0.1) is 10.1 Å². The van der Waals surface area contributed by atoms with Gasteiger partial charge in [0, 0.05) is 6.07 Å². The molecule has 1 aromatic rings. The maximum Gasteiger partial charge on any atom is 0.418 e. The molecule has 0 fully saturated rings. The van der Waals surface area contributed by atoms with Crippen LogP contribution in [0.15, 0.2) is 12.1 Å². The van der Waals surface area contributed by atoms with E-state index in [-0.39, 0.29) is 12.1 Å². The fourth-order valence-electron chi connectivity index (χ4n) is 1.11. The van der Waals surface area contributed by atoms with Crippen LogP contribution >= 0.6 is 11.6 Å². The van der Waals surface area contributed by atoms with Crippen molar-refractivity contribution in [3.63, 3.8) is 0 Å². The molecule has 0 radical (unpaired) electrons. The smallest absolute Gasteiger partial charge is 0.258 e. The molecule has 0 aliphatic carbocycles. The SMILES string of the molecule is O=[N+]([O-])c1cc(C(F)(F)F)cc(C(F)(F)F)c1Cl. The number of nitro groups is 1. The second-order valence-electron chi connectivity index (χ2n) is 3.11. The molecule has 0 aromatic heterocycles. The fraction of sp³-hybridized carbons (Fsp3) is 0.250. The van der Waals surface area contributed by atoms with Gasteiger partial charge >= 0.3 is 12.4 Å². The number of benzene rings is 1. The summed E-state index contributed by atoms with van der Waals surface area (Å²) in [6, 6.07) is -0.313. The highest BCUT2D eigenvalue weighted by molar-refractivity contribution is 6.33. The quantitative estimate of drug-likeness (QED) is 0.440. The molecular weight excluding hydrogens is 292 g/mol. The number of hydrogen-bond acceptors (Lipinski definition) is 2. The third-order valence-corrected chi connectivity index (χ3v) is 2.28. The predicted octanol–water partition coefficient (Wildman–Crippen LogP) is 4.29. The summed E-state index contributed by atoms with van der Waals surface area (Å²) in [5.74, 6) is 0. The molecule has 0 heterocycles. The molecule has 0 amide bonds. The van der Waals surface area contributed by atoms with Crippen LogP contribution in [0.4, 0.5) is 32.0 Å². The molecular formula is C8H2ClF6NO2. The third-order valence-electron chi connectivity index (χ3n) is 1.88. The average Bonchev–Trinajstić information content (AvgIpc) is 2.13. The number of nitrogens with zero attached hydrogens (tertiary/aromatic N) is 1. The van der Waals surface area contributed by atoms with Gasteiger partial charge in [-0.1, -0.05) is 11.6 Å². The highest BCUT2D eigenvalue weighted by Gasteiger charge is 2.41. The lowest BCUT2D eigenvalue weighted by molar-refractivity contribution is -0.385. The molecule has 0 unspecified atom stereocenters. The lowest BCUT2D eigenvalue weighted by Gasteiger charge is -2.13. The molecule has 10 heteroatoms. The van der Waals surface area contributed by atoms with Crippen molar-refractivity contribution in [2.75, 3.05) is 0 Å². The first kappa shape index (κ1) is 14.6. The van der Waals surface area contributed by atoms with Gasteiger partial charge in [0.15, 0.2) is 0 Å². The largest absolute Gasteiger partial charge is 0.418 e. The van der Waals surface area contributed by atoms with Gasteiger partial charge in [0.25, 0.3) is 5.69 Å². The van der Waals surface area contributed by atoms with Crippen LogP contribution in [-0.4, -0.2) is 4.92 Å². The summed E-state index contributed by atoms with van der Waals surface area (Å²) in [7, 11) is 0. The maximum absolute atomic E-state index is 12.4. The predicted molar refractivity (Wildman–Crippen MR) is 48.1 cm³/mol. The lowest BCUT2D eigenvalue weighted by atomic mass is 10.1. The highest BCUT2D eigenvalue weighted by Crippen LogP contribution is 2.43. The van der Waals surface area contributed by atoms with Gasteiger partial charge in [-0.2, -0.15) is 26.3 Å². The molecule has 0 aliphatic rings. The van der Waals surface area contributed by atoms with Crippen molar-refractivity contribution in [3.05, 3.63) is 38.4 Å². The molecule has 0 saturated heterocycles. The summed E-state index contributed by atoms with van der Waals surface area (Å²) < 4.78 is 74.1. The Labute approximate surface area is 100 Å². The van der Waals surface area contributed by atoms with Gasteiger partial charge < -0.3 is 0 Å². The standard InChI is InChI=1S/C8H2ClF6NO2/c9-6-4(8(13,14)15)1-3(7(10,11)12)2-5(6)16(17)18/h1-2H. The van der Waals surface area contributed by atoms with Crippen LogP contribution in [0.2, 0.25) is 5.02 Å². The van der Waals surface area contributed by atoms with Crippen molar-refractivity contribution < 1.29 is 31.3 Å². The maximum atomic E-state index is 12.4. The van der Waals surface area contributed by atoms with E-state index < -0.39 is 39.1 Å². The molecule has 0 spiro atoms. The summed E-state index contributed by atoms with van der Waals surface area (Å²) in [6.45, 7) is 0. The molecule has 1 aromatic carbocycles. The first-order chi connectivity index (χ1) is 7.94. The molecule has 0 N–H and O–H groups in total. The van der Waals surface area contributed by atoms with Crippen LogP contribution in [0.1, 0.15) is 11.1 Å². The number of rotatable bonds is 1. The molecule has 100 valence electrons. The molecule has 0 bridgehead atoms.